The third kappa shape index (κ3) is 5.42. The predicted octanol–water partition coefficient (Wildman–Crippen LogP) is 3.72. The van der Waals surface area contributed by atoms with E-state index in [9.17, 15) is 37.0 Å². The van der Waals surface area contributed by atoms with Crippen molar-refractivity contribution in [2.24, 2.45) is 5.92 Å². The van der Waals surface area contributed by atoms with Gasteiger partial charge >= 0.3 is 12.1 Å². The van der Waals surface area contributed by atoms with Gasteiger partial charge in [0.15, 0.2) is 0 Å². The molecular weight excluding hydrogens is 407 g/mol. The molecule has 0 spiro atoms. The van der Waals surface area contributed by atoms with Crippen LogP contribution in [0.15, 0.2) is 48.5 Å². The first-order valence-electron chi connectivity index (χ1n) is 8.07. The summed E-state index contributed by atoms with van der Waals surface area (Å²) in [5, 5.41) is 22.1. The number of hydrogen-bond donors (Lipinski definition) is 1. The molecule has 0 heterocycles. The predicted molar refractivity (Wildman–Crippen MR) is 89.8 cm³/mol. The number of carboxylic acids is 1. The Labute approximate surface area is 162 Å². The number of aliphatic hydroxyl groups is 1. The average molecular weight is 422 g/mol. The van der Waals surface area contributed by atoms with Crippen molar-refractivity contribution in [3.05, 3.63) is 70.2 Å². The van der Waals surface area contributed by atoms with E-state index in [0.29, 0.717) is 10.6 Å². The Balaban J connectivity index is 2.15. The number of alkyl halides is 5. The molecule has 0 amide bonds. The Morgan fingerprint density at radius 2 is 1.61 bits per heavy atom. The van der Waals surface area contributed by atoms with Gasteiger partial charge in [0.1, 0.15) is 0 Å². The SMILES string of the molecule is O=C([O-])C(Cc1ccc(CC(F)(F)C(F)(F)F)cc1)C(O)c1cccc(Cl)c1. The topological polar surface area (TPSA) is 60.4 Å². The van der Waals surface area contributed by atoms with Crippen LogP contribution in [0.25, 0.3) is 0 Å². The van der Waals surface area contributed by atoms with Gasteiger partial charge in [-0.05, 0) is 35.2 Å². The maximum atomic E-state index is 13.1. The van der Waals surface area contributed by atoms with E-state index < -0.39 is 36.5 Å². The molecule has 1 N–H and O–H groups in total. The van der Waals surface area contributed by atoms with Crippen molar-refractivity contribution < 1.29 is 37.0 Å². The molecule has 2 unspecified atom stereocenters. The third-order valence-electron chi connectivity index (χ3n) is 4.19. The number of aliphatic carboxylic acids is 1. The number of rotatable bonds is 7. The van der Waals surface area contributed by atoms with E-state index in [2.05, 4.69) is 0 Å². The van der Waals surface area contributed by atoms with Gasteiger partial charge in [-0.1, -0.05) is 48.0 Å². The quantitative estimate of drug-likeness (QED) is 0.693. The summed E-state index contributed by atoms with van der Waals surface area (Å²) in [7, 11) is 0. The number of aliphatic hydroxyl groups excluding tert-OH is 1. The molecule has 0 aliphatic carbocycles. The molecule has 0 aliphatic heterocycles. The van der Waals surface area contributed by atoms with Gasteiger partial charge < -0.3 is 15.0 Å². The lowest BCUT2D eigenvalue weighted by molar-refractivity contribution is -0.314. The molecule has 0 radical (unpaired) electrons. The lowest BCUT2D eigenvalue weighted by Crippen LogP contribution is -2.38. The fraction of sp³-hybridized carbons (Fsp3) is 0.316. The number of carboxylic acid groups (broad SMARTS) is 1. The van der Waals surface area contributed by atoms with E-state index in [4.69, 9.17) is 11.6 Å². The molecule has 2 aromatic carbocycles. The van der Waals surface area contributed by atoms with Crippen LogP contribution in [0.5, 0.6) is 0 Å². The third-order valence-corrected chi connectivity index (χ3v) is 4.43. The zero-order valence-corrected chi connectivity index (χ0v) is 15.0. The number of halogens is 6. The van der Waals surface area contributed by atoms with Gasteiger partial charge in [-0.2, -0.15) is 22.0 Å². The molecule has 2 rings (SSSR count). The summed E-state index contributed by atoms with van der Waals surface area (Å²) >= 11 is 5.82. The lowest BCUT2D eigenvalue weighted by Gasteiger charge is -2.25. The van der Waals surface area contributed by atoms with Crippen molar-refractivity contribution in [1.29, 1.82) is 0 Å². The molecule has 0 saturated carbocycles. The summed E-state index contributed by atoms with van der Waals surface area (Å²) in [5.74, 6) is -7.79. The van der Waals surface area contributed by atoms with E-state index in [1.54, 1.807) is 6.07 Å². The monoisotopic (exact) mass is 421 g/mol. The highest BCUT2D eigenvalue weighted by Crippen LogP contribution is 2.38. The minimum atomic E-state index is -5.66. The maximum absolute atomic E-state index is 13.1. The Kier molecular flexibility index (Phi) is 6.67. The molecule has 0 saturated heterocycles. The van der Waals surface area contributed by atoms with Crippen LogP contribution in [0.4, 0.5) is 22.0 Å². The Bertz CT molecular complexity index is 821. The fourth-order valence-corrected chi connectivity index (χ4v) is 2.85. The summed E-state index contributed by atoms with van der Waals surface area (Å²) in [6.45, 7) is 0. The molecule has 0 fully saturated rings. The molecule has 0 bridgehead atoms. The van der Waals surface area contributed by atoms with Crippen molar-refractivity contribution in [1.82, 2.24) is 0 Å². The minimum Gasteiger partial charge on any atom is -0.550 e. The van der Waals surface area contributed by atoms with Gasteiger partial charge in [-0.15, -0.1) is 0 Å². The van der Waals surface area contributed by atoms with Crippen molar-refractivity contribution in [3.63, 3.8) is 0 Å². The number of carbonyl (C=O) groups is 1. The normalized spacial score (nSPS) is 14.5. The average Bonchev–Trinajstić information content (AvgIpc) is 2.59. The second-order valence-corrected chi connectivity index (χ2v) is 6.76. The summed E-state index contributed by atoms with van der Waals surface area (Å²) in [6.07, 6.45) is -8.84. The van der Waals surface area contributed by atoms with E-state index in [-0.39, 0.29) is 17.5 Å². The molecule has 2 atom stereocenters. The van der Waals surface area contributed by atoms with Crippen LogP contribution < -0.4 is 5.11 Å². The number of benzene rings is 2. The molecular formula is C19H15ClF5O3-. The Hall–Kier alpha value is -2.19. The zero-order chi connectivity index (χ0) is 21.1. The first kappa shape index (κ1) is 22.1. The highest BCUT2D eigenvalue weighted by Gasteiger charge is 2.57. The van der Waals surface area contributed by atoms with E-state index in [0.717, 1.165) is 12.1 Å². The standard InChI is InChI=1S/C19H16ClF5O3/c20-14-3-1-2-13(9-14)16(26)15(17(27)28)8-11-4-6-12(7-5-11)10-18(21,22)19(23,24)25/h1-7,9,15-16,26H,8,10H2,(H,27,28)/p-1. The maximum Gasteiger partial charge on any atom is 0.453 e. The first-order valence-corrected chi connectivity index (χ1v) is 8.45. The summed E-state index contributed by atoms with van der Waals surface area (Å²) in [5.41, 5.74) is 0.323. The lowest BCUT2D eigenvalue weighted by atomic mass is 9.89. The molecule has 2 aromatic rings. The van der Waals surface area contributed by atoms with E-state index >= 15 is 0 Å². The number of hydrogen-bond acceptors (Lipinski definition) is 3. The molecule has 28 heavy (non-hydrogen) atoms. The second kappa shape index (κ2) is 8.45. The smallest absolute Gasteiger partial charge is 0.453 e. The fourth-order valence-electron chi connectivity index (χ4n) is 2.65. The van der Waals surface area contributed by atoms with Gasteiger partial charge in [0.2, 0.25) is 0 Å². The summed E-state index contributed by atoms with van der Waals surface area (Å²) in [4.78, 5) is 11.4. The van der Waals surface area contributed by atoms with Crippen molar-refractivity contribution >= 4 is 17.6 Å². The van der Waals surface area contributed by atoms with Crippen LogP contribution in [0, 0.1) is 5.92 Å². The molecule has 152 valence electrons. The Morgan fingerprint density at radius 1 is 1.04 bits per heavy atom. The number of carbonyl (C=O) groups excluding carboxylic acids is 1. The first-order chi connectivity index (χ1) is 12.9. The van der Waals surface area contributed by atoms with Crippen LogP contribution in [-0.4, -0.2) is 23.2 Å². The van der Waals surface area contributed by atoms with Crippen molar-refractivity contribution in [2.45, 2.75) is 31.0 Å². The summed E-state index contributed by atoms with van der Waals surface area (Å²) < 4.78 is 63.0. The van der Waals surface area contributed by atoms with Crippen LogP contribution in [0.1, 0.15) is 22.8 Å². The van der Waals surface area contributed by atoms with Crippen LogP contribution in [0.3, 0.4) is 0 Å². The Morgan fingerprint density at radius 3 is 2.11 bits per heavy atom. The van der Waals surface area contributed by atoms with Crippen molar-refractivity contribution in [2.75, 3.05) is 0 Å². The van der Waals surface area contributed by atoms with E-state index in [1.807, 2.05) is 0 Å². The van der Waals surface area contributed by atoms with Crippen molar-refractivity contribution in [3.8, 4) is 0 Å². The van der Waals surface area contributed by atoms with E-state index in [1.165, 1.54) is 30.3 Å². The largest absolute Gasteiger partial charge is 0.550 e. The summed E-state index contributed by atoms with van der Waals surface area (Å²) in [6, 6.07) is 10.5. The molecule has 9 heteroatoms. The zero-order valence-electron chi connectivity index (χ0n) is 14.2. The van der Waals surface area contributed by atoms with Gasteiger partial charge in [-0.25, -0.2) is 0 Å². The van der Waals surface area contributed by atoms with Gasteiger partial charge in [0.05, 0.1) is 6.10 Å². The minimum absolute atomic E-state index is 0.216. The highest BCUT2D eigenvalue weighted by molar-refractivity contribution is 6.30. The van der Waals surface area contributed by atoms with Gasteiger partial charge in [-0.3, -0.25) is 0 Å². The van der Waals surface area contributed by atoms with Gasteiger partial charge in [0.25, 0.3) is 0 Å². The van der Waals surface area contributed by atoms with Gasteiger partial charge in [0, 0.05) is 23.3 Å². The second-order valence-electron chi connectivity index (χ2n) is 6.32. The molecule has 3 nitrogen and oxygen atoms in total. The van der Waals surface area contributed by atoms with Crippen LogP contribution in [0.2, 0.25) is 5.02 Å². The molecule has 0 aliphatic rings. The highest BCUT2D eigenvalue weighted by atomic mass is 35.5. The van der Waals surface area contributed by atoms with Crippen LogP contribution in [-0.2, 0) is 17.6 Å². The van der Waals surface area contributed by atoms with Crippen LogP contribution >= 0.6 is 11.6 Å². The molecule has 0 aromatic heterocycles.